The second-order valence-corrected chi connectivity index (χ2v) is 5.57. The molecule has 108 valence electrons. The van der Waals surface area contributed by atoms with E-state index < -0.39 is 0 Å². The minimum absolute atomic E-state index is 0.000359. The van der Waals surface area contributed by atoms with E-state index in [-0.39, 0.29) is 12.1 Å². The first-order valence-corrected chi connectivity index (χ1v) is 7.46. The van der Waals surface area contributed by atoms with E-state index in [1.807, 2.05) is 37.3 Å². The topological polar surface area (TPSA) is 41.1 Å². The summed E-state index contributed by atoms with van der Waals surface area (Å²) in [6.07, 6.45) is 3.59. The number of benzene rings is 2. The summed E-state index contributed by atoms with van der Waals surface area (Å²) in [7, 11) is 0. The van der Waals surface area contributed by atoms with Crippen LogP contribution in [0.4, 0.5) is 10.5 Å². The predicted octanol–water partition coefficient (Wildman–Crippen LogP) is 4.06. The van der Waals surface area contributed by atoms with Gasteiger partial charge in [0.15, 0.2) is 0 Å². The Morgan fingerprint density at radius 1 is 1.05 bits per heavy atom. The molecule has 2 N–H and O–H groups in total. The molecular formula is C18H20N2O. The Morgan fingerprint density at radius 3 is 2.62 bits per heavy atom. The molecule has 0 aromatic heterocycles. The van der Waals surface area contributed by atoms with E-state index in [0.717, 1.165) is 12.1 Å². The molecule has 0 unspecified atom stereocenters. The molecule has 2 amide bonds. The van der Waals surface area contributed by atoms with Gasteiger partial charge in [-0.15, -0.1) is 0 Å². The van der Waals surface area contributed by atoms with Crippen molar-refractivity contribution in [1.82, 2.24) is 5.32 Å². The fraction of sp³-hybridized carbons (Fsp3) is 0.278. The van der Waals surface area contributed by atoms with Crippen LogP contribution in [0.2, 0.25) is 0 Å². The number of amides is 2. The Labute approximate surface area is 125 Å². The van der Waals surface area contributed by atoms with Crippen molar-refractivity contribution in [3.05, 3.63) is 65.2 Å². The van der Waals surface area contributed by atoms with E-state index in [9.17, 15) is 4.79 Å². The average Bonchev–Trinajstić information content (AvgIpc) is 2.95. The summed E-state index contributed by atoms with van der Waals surface area (Å²) in [6, 6.07) is 15.9. The van der Waals surface area contributed by atoms with Crippen LogP contribution in [-0.2, 0) is 12.8 Å². The smallest absolute Gasteiger partial charge is 0.319 e. The number of aryl methyl sites for hydroxylation is 2. The molecule has 3 heteroatoms. The SMILES string of the molecule is C[C@H](NC(=O)Nc1ccccc1)c1ccc2c(c1)CCC2. The van der Waals surface area contributed by atoms with Crippen LogP contribution < -0.4 is 10.6 Å². The van der Waals surface area contributed by atoms with Crippen molar-refractivity contribution in [2.75, 3.05) is 5.32 Å². The second-order valence-electron chi connectivity index (χ2n) is 5.57. The highest BCUT2D eigenvalue weighted by Crippen LogP contribution is 2.25. The van der Waals surface area contributed by atoms with E-state index >= 15 is 0 Å². The average molecular weight is 280 g/mol. The normalized spacial score (nSPS) is 14.3. The second kappa shape index (κ2) is 6.00. The Morgan fingerprint density at radius 2 is 1.81 bits per heavy atom. The Hall–Kier alpha value is -2.29. The summed E-state index contributed by atoms with van der Waals surface area (Å²) in [4.78, 5) is 12.0. The first kappa shape index (κ1) is 13.7. The van der Waals surface area contributed by atoms with E-state index in [2.05, 4.69) is 28.8 Å². The molecule has 0 heterocycles. The molecule has 1 aliphatic rings. The summed E-state index contributed by atoms with van der Waals surface area (Å²) >= 11 is 0. The standard InChI is InChI=1S/C18H20N2O/c1-13(15-11-10-14-6-5-7-16(14)12-15)19-18(21)20-17-8-3-2-4-9-17/h2-4,8-13H,5-7H2,1H3,(H2,19,20,21)/t13-/m0/s1. The van der Waals surface area contributed by atoms with Crippen molar-refractivity contribution in [1.29, 1.82) is 0 Å². The lowest BCUT2D eigenvalue weighted by molar-refractivity contribution is 0.249. The minimum atomic E-state index is -0.172. The highest BCUT2D eigenvalue weighted by molar-refractivity contribution is 5.89. The van der Waals surface area contributed by atoms with Crippen LogP contribution in [-0.4, -0.2) is 6.03 Å². The van der Waals surface area contributed by atoms with E-state index in [4.69, 9.17) is 0 Å². The van der Waals surface area contributed by atoms with Crippen LogP contribution >= 0.6 is 0 Å². The molecule has 0 spiro atoms. The van der Waals surface area contributed by atoms with Crippen molar-refractivity contribution in [3.63, 3.8) is 0 Å². The maximum absolute atomic E-state index is 12.0. The minimum Gasteiger partial charge on any atom is -0.331 e. The first-order valence-electron chi connectivity index (χ1n) is 7.46. The third-order valence-corrected chi connectivity index (χ3v) is 4.00. The van der Waals surface area contributed by atoms with Crippen LogP contribution in [0.25, 0.3) is 0 Å². The van der Waals surface area contributed by atoms with Gasteiger partial charge in [-0.1, -0.05) is 36.4 Å². The number of rotatable bonds is 3. The molecule has 3 nitrogen and oxygen atoms in total. The molecule has 2 aromatic rings. The van der Waals surface area contributed by atoms with Crippen LogP contribution in [0.1, 0.15) is 36.1 Å². The number of para-hydroxylation sites is 1. The van der Waals surface area contributed by atoms with Crippen LogP contribution in [0.15, 0.2) is 48.5 Å². The molecule has 1 aliphatic carbocycles. The third-order valence-electron chi connectivity index (χ3n) is 4.00. The predicted molar refractivity (Wildman–Crippen MR) is 85.5 cm³/mol. The third kappa shape index (κ3) is 3.24. The molecule has 0 saturated heterocycles. The van der Waals surface area contributed by atoms with Gasteiger partial charge in [0.1, 0.15) is 0 Å². The lowest BCUT2D eigenvalue weighted by atomic mass is 10.0. The van der Waals surface area contributed by atoms with Crippen molar-refractivity contribution >= 4 is 11.7 Å². The molecule has 0 saturated carbocycles. The molecule has 1 atom stereocenters. The van der Waals surface area contributed by atoms with Crippen molar-refractivity contribution in [3.8, 4) is 0 Å². The fourth-order valence-electron chi connectivity index (χ4n) is 2.83. The number of urea groups is 1. The number of nitrogens with one attached hydrogen (secondary N) is 2. The molecule has 3 rings (SSSR count). The summed E-state index contributed by atoms with van der Waals surface area (Å²) in [5, 5.41) is 5.83. The molecule has 21 heavy (non-hydrogen) atoms. The van der Waals surface area contributed by atoms with Gasteiger partial charge in [-0.25, -0.2) is 4.79 Å². The molecule has 0 aliphatic heterocycles. The van der Waals surface area contributed by atoms with Crippen LogP contribution in [0.3, 0.4) is 0 Å². The first-order chi connectivity index (χ1) is 10.2. The number of anilines is 1. The van der Waals surface area contributed by atoms with Gasteiger partial charge in [0.25, 0.3) is 0 Å². The summed E-state index contributed by atoms with van der Waals surface area (Å²) < 4.78 is 0. The molecule has 0 bridgehead atoms. The van der Waals surface area contributed by atoms with Crippen molar-refractivity contribution < 1.29 is 4.79 Å². The van der Waals surface area contributed by atoms with Crippen molar-refractivity contribution in [2.24, 2.45) is 0 Å². The maximum Gasteiger partial charge on any atom is 0.319 e. The van der Waals surface area contributed by atoms with Gasteiger partial charge >= 0.3 is 6.03 Å². The van der Waals surface area contributed by atoms with Gasteiger partial charge in [-0.3, -0.25) is 0 Å². The lowest BCUT2D eigenvalue weighted by Crippen LogP contribution is -2.31. The molecule has 0 radical (unpaired) electrons. The molecular weight excluding hydrogens is 260 g/mol. The number of carbonyl (C=O) groups is 1. The summed E-state index contributed by atoms with van der Waals surface area (Å²) in [5.74, 6) is 0. The monoisotopic (exact) mass is 280 g/mol. The number of fused-ring (bicyclic) bond motifs is 1. The largest absolute Gasteiger partial charge is 0.331 e. The van der Waals surface area contributed by atoms with Gasteiger partial charge < -0.3 is 10.6 Å². The van der Waals surface area contributed by atoms with Gasteiger partial charge in [0.2, 0.25) is 0 Å². The zero-order valence-electron chi connectivity index (χ0n) is 12.2. The Balaban J connectivity index is 1.63. The molecule has 2 aromatic carbocycles. The van der Waals surface area contributed by atoms with Crippen molar-refractivity contribution in [2.45, 2.75) is 32.2 Å². The van der Waals surface area contributed by atoms with Gasteiger partial charge in [-0.05, 0) is 55.0 Å². The summed E-state index contributed by atoms with van der Waals surface area (Å²) in [5.41, 5.74) is 4.86. The highest BCUT2D eigenvalue weighted by Gasteiger charge is 2.14. The van der Waals surface area contributed by atoms with Gasteiger partial charge in [0, 0.05) is 5.69 Å². The van der Waals surface area contributed by atoms with Gasteiger partial charge in [-0.2, -0.15) is 0 Å². The van der Waals surface area contributed by atoms with Crippen LogP contribution in [0, 0.1) is 0 Å². The highest BCUT2D eigenvalue weighted by atomic mass is 16.2. The number of hydrogen-bond donors (Lipinski definition) is 2. The fourth-order valence-corrected chi connectivity index (χ4v) is 2.83. The van der Waals surface area contributed by atoms with Gasteiger partial charge in [0.05, 0.1) is 6.04 Å². The lowest BCUT2D eigenvalue weighted by Gasteiger charge is -2.16. The zero-order valence-corrected chi connectivity index (χ0v) is 12.2. The van der Waals surface area contributed by atoms with E-state index in [1.54, 1.807) is 0 Å². The Bertz CT molecular complexity index is 637. The summed E-state index contributed by atoms with van der Waals surface area (Å²) in [6.45, 7) is 2.02. The van der Waals surface area contributed by atoms with E-state index in [0.29, 0.717) is 0 Å². The zero-order chi connectivity index (χ0) is 14.7. The number of hydrogen-bond acceptors (Lipinski definition) is 1. The quantitative estimate of drug-likeness (QED) is 0.874. The maximum atomic E-state index is 12.0. The van der Waals surface area contributed by atoms with Crippen LogP contribution in [0.5, 0.6) is 0 Å². The van der Waals surface area contributed by atoms with E-state index in [1.165, 1.54) is 29.5 Å². The Kier molecular flexibility index (Phi) is 3.91. The molecule has 0 fully saturated rings. The number of carbonyl (C=O) groups excluding carboxylic acids is 1.